The van der Waals surface area contributed by atoms with Crippen molar-refractivity contribution in [1.29, 1.82) is 5.26 Å². The van der Waals surface area contributed by atoms with Crippen LogP contribution in [0, 0.1) is 17.1 Å². The number of nitriles is 1. The number of nitrogens with one attached hydrogen (secondary N) is 1. The molecule has 0 saturated carbocycles. The molecule has 1 aliphatic rings. The molecule has 1 unspecified atom stereocenters. The van der Waals surface area contributed by atoms with Gasteiger partial charge in [-0.2, -0.15) is 5.26 Å². The third-order valence-corrected chi connectivity index (χ3v) is 6.25. The van der Waals surface area contributed by atoms with Crippen LogP contribution in [0.1, 0.15) is 23.6 Å². The number of rotatable bonds is 6. The highest BCUT2D eigenvalue weighted by Gasteiger charge is 2.46. The number of ether oxygens (including phenoxy) is 1. The molecule has 3 aromatic rings. The van der Waals surface area contributed by atoms with Gasteiger partial charge in [0.1, 0.15) is 23.2 Å². The summed E-state index contributed by atoms with van der Waals surface area (Å²) in [7, 11) is 1.51. The minimum atomic E-state index is -1.01. The van der Waals surface area contributed by atoms with E-state index >= 15 is 0 Å². The molecule has 1 fully saturated rings. The number of carbonyl (C=O) groups is 1. The quantitative estimate of drug-likeness (QED) is 0.625. The lowest BCUT2D eigenvalue weighted by Crippen LogP contribution is -2.66. The average Bonchev–Trinajstić information content (AvgIpc) is 2.79. The highest BCUT2D eigenvalue weighted by Crippen LogP contribution is 2.35. The maximum atomic E-state index is 13.6. The lowest BCUT2D eigenvalue weighted by atomic mass is 9.85. The number of benzene rings is 3. The van der Waals surface area contributed by atoms with Crippen LogP contribution in [0.25, 0.3) is 10.8 Å². The molecular weight excluding hydrogens is 407 g/mol. The fourth-order valence-electron chi connectivity index (χ4n) is 4.35. The van der Waals surface area contributed by atoms with Crippen molar-refractivity contribution in [3.63, 3.8) is 0 Å². The van der Waals surface area contributed by atoms with Gasteiger partial charge in [0.15, 0.2) is 0 Å². The van der Waals surface area contributed by atoms with Gasteiger partial charge < -0.3 is 15.8 Å². The van der Waals surface area contributed by atoms with E-state index in [0.717, 1.165) is 16.3 Å². The van der Waals surface area contributed by atoms with Crippen molar-refractivity contribution in [3.8, 4) is 11.8 Å². The van der Waals surface area contributed by atoms with Crippen LogP contribution in [0.2, 0.25) is 0 Å². The second-order valence-corrected chi connectivity index (χ2v) is 8.20. The van der Waals surface area contributed by atoms with Crippen LogP contribution in [0.4, 0.5) is 4.39 Å². The van der Waals surface area contributed by atoms with Gasteiger partial charge in [0.05, 0.1) is 12.7 Å². The number of carbonyl (C=O) groups excluding carboxylic acids is 1. The average molecular weight is 432 g/mol. The summed E-state index contributed by atoms with van der Waals surface area (Å²) in [6.07, 6.45) is 0. The fraction of sp³-hybridized carbons (Fsp3) is 0.280. The van der Waals surface area contributed by atoms with Gasteiger partial charge in [-0.1, -0.05) is 36.4 Å². The summed E-state index contributed by atoms with van der Waals surface area (Å²) < 4.78 is 19.1. The van der Waals surface area contributed by atoms with Crippen LogP contribution in [0.15, 0.2) is 54.6 Å². The van der Waals surface area contributed by atoms with Crippen molar-refractivity contribution < 1.29 is 13.9 Å². The number of hydrogen-bond donors (Lipinski definition) is 2. The van der Waals surface area contributed by atoms with Crippen LogP contribution in [-0.2, 0) is 16.9 Å². The van der Waals surface area contributed by atoms with Gasteiger partial charge in [-0.25, -0.2) is 4.39 Å². The molecule has 0 radical (unpaired) electrons. The molecule has 3 aromatic carbocycles. The topological polar surface area (TPSA) is 91.4 Å². The summed E-state index contributed by atoms with van der Waals surface area (Å²) >= 11 is 0. The van der Waals surface area contributed by atoms with Gasteiger partial charge in [0.2, 0.25) is 5.91 Å². The molecule has 3 N–H and O–H groups in total. The first-order valence-corrected chi connectivity index (χ1v) is 10.4. The molecule has 164 valence electrons. The van der Waals surface area contributed by atoms with Crippen LogP contribution in [-0.4, -0.2) is 37.0 Å². The minimum absolute atomic E-state index is 0.000999. The van der Waals surface area contributed by atoms with Crippen LogP contribution in [0.3, 0.4) is 0 Å². The number of nitrogens with two attached hydrogens (primary N) is 1. The molecule has 1 heterocycles. The summed E-state index contributed by atoms with van der Waals surface area (Å²) in [5.74, 6) is -0.146. The smallest absolute Gasteiger partial charge is 0.245 e. The van der Waals surface area contributed by atoms with Crippen molar-refractivity contribution in [2.75, 3.05) is 20.2 Å². The molecule has 6 nitrogen and oxygen atoms in total. The SMILES string of the molecule is COc1c(C#N)cc2ccccc2c1CNC(=O)C(C)(c1ccc(F)cc1)N1CC(N)C1. The first-order valence-electron chi connectivity index (χ1n) is 10.4. The Hall–Kier alpha value is -3.47. The van der Waals surface area contributed by atoms with Crippen molar-refractivity contribution in [3.05, 3.63) is 77.1 Å². The second-order valence-electron chi connectivity index (χ2n) is 8.20. The Balaban J connectivity index is 1.69. The van der Waals surface area contributed by atoms with Gasteiger partial charge in [0, 0.05) is 31.2 Å². The number of nitrogens with zero attached hydrogens (tertiary/aromatic N) is 2. The summed E-state index contributed by atoms with van der Waals surface area (Å²) in [4.78, 5) is 15.5. The summed E-state index contributed by atoms with van der Waals surface area (Å²) in [5, 5.41) is 14.4. The van der Waals surface area contributed by atoms with E-state index in [1.165, 1.54) is 19.2 Å². The van der Waals surface area contributed by atoms with E-state index in [1.54, 1.807) is 18.2 Å². The van der Waals surface area contributed by atoms with Gasteiger partial charge in [0.25, 0.3) is 0 Å². The van der Waals surface area contributed by atoms with E-state index in [0.29, 0.717) is 30.0 Å². The lowest BCUT2D eigenvalue weighted by Gasteiger charge is -2.48. The molecule has 32 heavy (non-hydrogen) atoms. The van der Waals surface area contributed by atoms with Gasteiger partial charge in [-0.05, 0) is 41.5 Å². The van der Waals surface area contributed by atoms with E-state index in [-0.39, 0.29) is 24.3 Å². The Morgan fingerprint density at radius 1 is 1.28 bits per heavy atom. The van der Waals surface area contributed by atoms with E-state index in [4.69, 9.17) is 10.5 Å². The van der Waals surface area contributed by atoms with Gasteiger partial charge in [-0.15, -0.1) is 0 Å². The van der Waals surface area contributed by atoms with Crippen molar-refractivity contribution in [1.82, 2.24) is 10.2 Å². The van der Waals surface area contributed by atoms with Crippen LogP contribution < -0.4 is 15.8 Å². The fourth-order valence-corrected chi connectivity index (χ4v) is 4.35. The number of amides is 1. The minimum Gasteiger partial charge on any atom is -0.495 e. The van der Waals surface area contributed by atoms with E-state index in [1.807, 2.05) is 36.1 Å². The molecular formula is C25H25FN4O2. The molecule has 4 rings (SSSR count). The van der Waals surface area contributed by atoms with Crippen molar-refractivity contribution in [2.45, 2.75) is 25.0 Å². The molecule has 1 atom stereocenters. The first kappa shape index (κ1) is 21.8. The van der Waals surface area contributed by atoms with E-state index in [9.17, 15) is 14.4 Å². The Morgan fingerprint density at radius 2 is 1.97 bits per heavy atom. The number of methoxy groups -OCH3 is 1. The molecule has 0 aliphatic carbocycles. The Bertz CT molecular complexity index is 1200. The van der Waals surface area contributed by atoms with Crippen molar-refractivity contribution in [2.24, 2.45) is 5.73 Å². The number of hydrogen-bond acceptors (Lipinski definition) is 5. The van der Waals surface area contributed by atoms with Crippen LogP contribution in [0.5, 0.6) is 5.75 Å². The molecule has 0 aromatic heterocycles. The highest BCUT2D eigenvalue weighted by molar-refractivity contribution is 5.91. The molecule has 1 amide bonds. The van der Waals surface area contributed by atoms with Gasteiger partial charge >= 0.3 is 0 Å². The number of fused-ring (bicyclic) bond motifs is 1. The molecule has 7 heteroatoms. The zero-order valence-corrected chi connectivity index (χ0v) is 18.1. The standard InChI is InChI=1S/C25H25FN4O2/c1-25(30-14-20(28)15-30,18-7-9-19(26)10-8-18)24(31)29-13-22-21-6-4-3-5-16(21)11-17(12-27)23(22)32-2/h3-11,20H,13-15,28H2,1-2H3,(H,29,31). The van der Waals surface area contributed by atoms with Crippen molar-refractivity contribution >= 4 is 16.7 Å². The predicted molar refractivity (Wildman–Crippen MR) is 120 cm³/mol. The molecule has 1 saturated heterocycles. The number of halogens is 1. The Kier molecular flexibility index (Phi) is 5.83. The van der Waals surface area contributed by atoms with E-state index < -0.39 is 5.54 Å². The predicted octanol–water partition coefficient (Wildman–Crippen LogP) is 3.03. The molecule has 0 bridgehead atoms. The van der Waals surface area contributed by atoms with E-state index in [2.05, 4.69) is 11.4 Å². The largest absolute Gasteiger partial charge is 0.495 e. The number of likely N-dealkylation sites (tertiary alicyclic amines) is 1. The molecule has 1 aliphatic heterocycles. The monoisotopic (exact) mass is 432 g/mol. The lowest BCUT2D eigenvalue weighted by molar-refractivity contribution is -0.137. The third-order valence-electron chi connectivity index (χ3n) is 6.25. The first-order chi connectivity index (χ1) is 15.4. The zero-order chi connectivity index (χ0) is 22.9. The Labute approximate surface area is 186 Å². The summed E-state index contributed by atoms with van der Waals surface area (Å²) in [6, 6.07) is 17.6. The Morgan fingerprint density at radius 3 is 2.59 bits per heavy atom. The van der Waals surface area contributed by atoms with Crippen LogP contribution >= 0.6 is 0 Å². The highest BCUT2D eigenvalue weighted by atomic mass is 19.1. The summed E-state index contributed by atoms with van der Waals surface area (Å²) in [5.41, 5.74) is 6.80. The maximum absolute atomic E-state index is 13.6. The summed E-state index contributed by atoms with van der Waals surface area (Å²) in [6.45, 7) is 3.13. The normalized spacial score (nSPS) is 16.1. The second kappa shape index (κ2) is 8.58. The molecule has 0 spiro atoms. The third kappa shape index (κ3) is 3.68. The zero-order valence-electron chi connectivity index (χ0n) is 18.1. The maximum Gasteiger partial charge on any atom is 0.245 e. The van der Waals surface area contributed by atoms with Gasteiger partial charge in [-0.3, -0.25) is 9.69 Å².